The number of halogens is 2. The number of aromatic nitrogens is 1. The predicted molar refractivity (Wildman–Crippen MR) is 130 cm³/mol. The van der Waals surface area contributed by atoms with Crippen LogP contribution in [0.25, 0.3) is 0 Å². The highest BCUT2D eigenvalue weighted by atomic mass is 35.5. The lowest BCUT2D eigenvalue weighted by atomic mass is 10.2. The molecule has 0 aliphatic rings. The van der Waals surface area contributed by atoms with Crippen LogP contribution in [0.2, 0.25) is 5.02 Å². The molecular weight excluding hydrogens is 509 g/mol. The molecule has 2 rings (SSSR count). The fourth-order valence-electron chi connectivity index (χ4n) is 2.83. The van der Waals surface area contributed by atoms with Gasteiger partial charge in [-0.15, -0.1) is 0 Å². The van der Waals surface area contributed by atoms with E-state index in [2.05, 4.69) is 15.6 Å². The van der Waals surface area contributed by atoms with Crippen LogP contribution in [0.15, 0.2) is 53.8 Å². The Bertz CT molecular complexity index is 1010. The number of esters is 1. The number of pyridine rings is 1. The Balaban J connectivity index is 0.00000648. The van der Waals surface area contributed by atoms with Gasteiger partial charge in [-0.2, -0.15) is 9.83 Å². The number of rotatable bonds is 14. The SMILES string of the molecule is N#CNC(=NCCCCCCOc1ccc(Cl)cc1)Nc1cc[n+](COC(=O)CCC(=O)O)cc1.[Cl-]. The highest BCUT2D eigenvalue weighted by Crippen LogP contribution is 2.16. The summed E-state index contributed by atoms with van der Waals surface area (Å²) in [5.41, 5.74) is 0.694. The van der Waals surface area contributed by atoms with Crippen molar-refractivity contribution in [2.45, 2.75) is 45.3 Å². The number of nitrogens with zero attached hydrogens (tertiary/aromatic N) is 3. The molecule has 0 amide bonds. The van der Waals surface area contributed by atoms with Crippen LogP contribution in [0.4, 0.5) is 5.69 Å². The number of carboxylic acids is 1. The van der Waals surface area contributed by atoms with E-state index < -0.39 is 11.9 Å². The van der Waals surface area contributed by atoms with E-state index in [0.717, 1.165) is 31.4 Å². The van der Waals surface area contributed by atoms with Gasteiger partial charge in [-0.25, -0.2) is 0 Å². The molecule has 2 aromatic rings. The Morgan fingerprint density at radius 3 is 2.42 bits per heavy atom. The summed E-state index contributed by atoms with van der Waals surface area (Å²) in [5.74, 6) is -0.478. The minimum Gasteiger partial charge on any atom is -1.00 e. The summed E-state index contributed by atoms with van der Waals surface area (Å²) >= 11 is 5.85. The molecule has 1 heterocycles. The van der Waals surface area contributed by atoms with Gasteiger partial charge >= 0.3 is 11.9 Å². The first kappa shape index (κ1) is 30.5. The topological polar surface area (TPSA) is 137 Å². The summed E-state index contributed by atoms with van der Waals surface area (Å²) in [6.45, 7) is 1.18. The van der Waals surface area contributed by atoms with Crippen LogP contribution in [0.1, 0.15) is 38.5 Å². The van der Waals surface area contributed by atoms with Gasteiger partial charge in [0.2, 0.25) is 5.96 Å². The Labute approximate surface area is 221 Å². The minimum absolute atomic E-state index is 0. The number of guanidine groups is 1. The fraction of sp³-hybridized carbons (Fsp3) is 0.375. The van der Waals surface area contributed by atoms with E-state index in [0.29, 0.717) is 29.8 Å². The number of ether oxygens (including phenoxy) is 2. The van der Waals surface area contributed by atoms with Gasteiger partial charge in [0.25, 0.3) is 6.73 Å². The molecule has 0 bridgehead atoms. The number of aliphatic imine (C=N–C) groups is 1. The number of hydrogen-bond acceptors (Lipinski definition) is 6. The van der Waals surface area contributed by atoms with Crippen molar-refractivity contribution in [1.82, 2.24) is 5.32 Å². The molecule has 0 fully saturated rings. The molecule has 3 N–H and O–H groups in total. The number of nitriles is 1. The van der Waals surface area contributed by atoms with Crippen LogP contribution in [-0.4, -0.2) is 36.2 Å². The smallest absolute Gasteiger partial charge is 0.311 e. The highest BCUT2D eigenvalue weighted by molar-refractivity contribution is 6.30. The maximum Gasteiger partial charge on any atom is 0.311 e. The number of unbranched alkanes of at least 4 members (excludes halogenated alkanes) is 3. The normalized spacial score (nSPS) is 10.5. The second kappa shape index (κ2) is 17.8. The van der Waals surface area contributed by atoms with Crippen LogP contribution in [0.3, 0.4) is 0 Å². The maximum atomic E-state index is 11.5. The Kier molecular flexibility index (Phi) is 15.1. The van der Waals surface area contributed by atoms with Crippen LogP contribution in [0, 0.1) is 11.5 Å². The fourth-order valence-corrected chi connectivity index (χ4v) is 2.96. The summed E-state index contributed by atoms with van der Waals surface area (Å²) in [7, 11) is 0. The molecule has 1 aromatic carbocycles. The molecule has 0 aliphatic carbocycles. The van der Waals surface area contributed by atoms with Gasteiger partial charge in [-0.05, 0) is 43.5 Å². The number of anilines is 1. The molecule has 0 atom stereocenters. The molecule has 0 saturated carbocycles. The van der Waals surface area contributed by atoms with Crippen molar-refractivity contribution in [2.24, 2.45) is 4.99 Å². The van der Waals surface area contributed by atoms with Crippen LogP contribution < -0.4 is 32.3 Å². The molecule has 0 radical (unpaired) electrons. The van der Waals surface area contributed by atoms with Crippen molar-refractivity contribution in [3.63, 3.8) is 0 Å². The van der Waals surface area contributed by atoms with Gasteiger partial charge in [-0.1, -0.05) is 18.0 Å². The summed E-state index contributed by atoms with van der Waals surface area (Å²) < 4.78 is 12.3. The third kappa shape index (κ3) is 13.4. The molecule has 36 heavy (non-hydrogen) atoms. The summed E-state index contributed by atoms with van der Waals surface area (Å²) in [6.07, 6.45) is 8.61. The number of carboxylic acid groups (broad SMARTS) is 1. The molecular formula is C24H29Cl2N5O5. The van der Waals surface area contributed by atoms with E-state index in [4.69, 9.17) is 31.4 Å². The van der Waals surface area contributed by atoms with Gasteiger partial charge in [0, 0.05) is 23.7 Å². The maximum absolute atomic E-state index is 11.5. The largest absolute Gasteiger partial charge is 1.00 e. The van der Waals surface area contributed by atoms with Crippen LogP contribution >= 0.6 is 11.6 Å². The molecule has 12 heteroatoms. The number of nitrogens with one attached hydrogen (secondary N) is 2. The van der Waals surface area contributed by atoms with Gasteiger partial charge in [0.15, 0.2) is 18.6 Å². The average Bonchev–Trinajstić information content (AvgIpc) is 2.85. The van der Waals surface area contributed by atoms with Crippen molar-refractivity contribution in [3.05, 3.63) is 53.8 Å². The van der Waals surface area contributed by atoms with Crippen molar-refractivity contribution in [2.75, 3.05) is 18.5 Å². The zero-order valence-electron chi connectivity index (χ0n) is 19.7. The summed E-state index contributed by atoms with van der Waals surface area (Å²) in [4.78, 5) is 26.4. The second-order valence-corrected chi connectivity index (χ2v) is 7.89. The molecule has 10 nitrogen and oxygen atoms in total. The number of aliphatic carboxylic acids is 1. The number of benzene rings is 1. The number of carbonyl (C=O) groups is 2. The lowest BCUT2D eigenvalue weighted by Crippen LogP contribution is -3.00. The van der Waals surface area contributed by atoms with E-state index in [1.165, 1.54) is 0 Å². The molecule has 0 saturated heterocycles. The van der Waals surface area contributed by atoms with E-state index >= 15 is 0 Å². The third-order valence-electron chi connectivity index (χ3n) is 4.65. The van der Waals surface area contributed by atoms with Crippen molar-refractivity contribution >= 4 is 35.2 Å². The average molecular weight is 538 g/mol. The molecule has 0 unspecified atom stereocenters. The third-order valence-corrected chi connectivity index (χ3v) is 4.90. The number of hydrogen-bond donors (Lipinski definition) is 3. The standard InChI is InChI=1S/C24H28ClN5O5.ClH/c25-19-5-7-21(8-6-19)34-16-4-2-1-3-13-27-24(28-17-26)29-20-11-14-30(15-12-20)18-35-23(33)10-9-22(31)32;/h5-8,11-12,14-15H,1-4,9-10,13,16,18H2,(H2,27,28,31,32);1H. The van der Waals surface area contributed by atoms with E-state index in [1.807, 2.05) is 18.3 Å². The first-order chi connectivity index (χ1) is 17.0. The zero-order chi connectivity index (χ0) is 25.3. The van der Waals surface area contributed by atoms with Crippen LogP contribution in [-0.2, 0) is 21.1 Å². The molecule has 0 spiro atoms. The lowest BCUT2D eigenvalue weighted by Gasteiger charge is -2.08. The Morgan fingerprint density at radius 1 is 1.06 bits per heavy atom. The van der Waals surface area contributed by atoms with E-state index in [-0.39, 0.29) is 32.0 Å². The summed E-state index contributed by atoms with van der Waals surface area (Å²) in [6, 6.07) is 10.8. The first-order valence-electron chi connectivity index (χ1n) is 11.2. The highest BCUT2D eigenvalue weighted by Gasteiger charge is 2.09. The molecule has 0 aliphatic heterocycles. The predicted octanol–water partition coefficient (Wildman–Crippen LogP) is 0.475. The van der Waals surface area contributed by atoms with Crippen LogP contribution in [0.5, 0.6) is 5.75 Å². The van der Waals surface area contributed by atoms with Crippen molar-refractivity contribution in [3.8, 4) is 11.9 Å². The van der Waals surface area contributed by atoms with Crippen molar-refractivity contribution < 1.29 is 41.1 Å². The molecule has 1 aromatic heterocycles. The van der Waals surface area contributed by atoms with Gasteiger partial charge < -0.3 is 32.3 Å². The summed E-state index contributed by atoms with van der Waals surface area (Å²) in [5, 5.41) is 23.8. The number of carbonyl (C=O) groups excluding carboxylic acids is 1. The lowest BCUT2D eigenvalue weighted by molar-refractivity contribution is -0.727. The minimum atomic E-state index is -1.05. The van der Waals surface area contributed by atoms with E-state index in [1.54, 1.807) is 41.2 Å². The quantitative estimate of drug-likeness (QED) is 0.0601. The second-order valence-electron chi connectivity index (χ2n) is 7.45. The van der Waals surface area contributed by atoms with Gasteiger partial charge in [-0.3, -0.25) is 19.9 Å². The van der Waals surface area contributed by atoms with Crippen molar-refractivity contribution in [1.29, 1.82) is 5.26 Å². The van der Waals surface area contributed by atoms with Gasteiger partial charge in [0.05, 0.1) is 25.1 Å². The Hall–Kier alpha value is -3.55. The van der Waals surface area contributed by atoms with E-state index in [9.17, 15) is 9.59 Å². The monoisotopic (exact) mass is 537 g/mol. The Morgan fingerprint density at radius 2 is 1.75 bits per heavy atom. The molecule has 194 valence electrons. The first-order valence-corrected chi connectivity index (χ1v) is 11.6. The van der Waals surface area contributed by atoms with Gasteiger partial charge in [0.1, 0.15) is 5.75 Å². The zero-order valence-corrected chi connectivity index (χ0v) is 21.2.